The van der Waals surface area contributed by atoms with E-state index in [1.165, 1.54) is 24.3 Å². The van der Waals surface area contributed by atoms with Gasteiger partial charge in [-0.15, -0.1) is 0 Å². The molecular weight excluding hydrogens is 405 g/mol. The normalized spacial score (nSPS) is 13.2. The van der Waals surface area contributed by atoms with Gasteiger partial charge in [-0.3, -0.25) is 0 Å². The van der Waals surface area contributed by atoms with Crippen LogP contribution in [0.15, 0.2) is 30.3 Å². The van der Waals surface area contributed by atoms with E-state index in [0.29, 0.717) is 0 Å². The summed E-state index contributed by atoms with van der Waals surface area (Å²) < 4.78 is 75.7. The highest BCUT2D eigenvalue weighted by Gasteiger charge is 2.75. The summed E-state index contributed by atoms with van der Waals surface area (Å²) in [6.07, 6.45) is 0. The summed E-state index contributed by atoms with van der Waals surface area (Å²) in [5.74, 6) is -14.2. The number of carbonyl (C=O) groups excluding carboxylic acids is 1. The van der Waals surface area contributed by atoms with Crippen molar-refractivity contribution in [3.8, 4) is 0 Å². The summed E-state index contributed by atoms with van der Waals surface area (Å²) in [5, 5.41) is 0. The summed E-state index contributed by atoms with van der Waals surface area (Å²) in [7, 11) is 0. The van der Waals surface area contributed by atoms with Crippen molar-refractivity contribution in [1.82, 2.24) is 0 Å². The maximum atomic E-state index is 13.1. The SMILES string of the molecule is O=C(OCc1ccccc1)C(F)(F)C(F)(F)C(F)(F)I. The lowest BCUT2D eigenvalue weighted by Crippen LogP contribution is -2.55. The van der Waals surface area contributed by atoms with Gasteiger partial charge in [0.1, 0.15) is 6.61 Å². The van der Waals surface area contributed by atoms with Crippen molar-refractivity contribution in [3.05, 3.63) is 35.9 Å². The third-order valence-corrected chi connectivity index (χ3v) is 2.90. The summed E-state index contributed by atoms with van der Waals surface area (Å²) >= 11 is -0.153. The molecule has 0 saturated carbocycles. The molecule has 0 fully saturated rings. The first kappa shape index (κ1) is 17.1. The van der Waals surface area contributed by atoms with Crippen molar-refractivity contribution in [2.24, 2.45) is 0 Å². The zero-order valence-corrected chi connectivity index (χ0v) is 11.7. The van der Waals surface area contributed by atoms with Gasteiger partial charge in [-0.2, -0.15) is 26.3 Å². The fourth-order valence-corrected chi connectivity index (χ4v) is 1.46. The number of halogens is 7. The molecule has 9 heteroatoms. The lowest BCUT2D eigenvalue weighted by molar-refractivity contribution is -0.271. The van der Waals surface area contributed by atoms with Gasteiger partial charge >= 0.3 is 21.7 Å². The molecule has 0 unspecified atom stereocenters. The number of ether oxygens (including phenoxy) is 1. The number of benzene rings is 1. The molecule has 0 bridgehead atoms. The highest BCUT2D eigenvalue weighted by molar-refractivity contribution is 14.1. The summed E-state index contributed by atoms with van der Waals surface area (Å²) in [5.41, 5.74) is 0.251. The van der Waals surface area contributed by atoms with Crippen LogP contribution in [0.1, 0.15) is 5.56 Å². The van der Waals surface area contributed by atoms with Gasteiger partial charge < -0.3 is 4.74 Å². The molecule has 0 aliphatic rings. The Bertz CT molecular complexity index is 472. The maximum Gasteiger partial charge on any atom is 0.411 e. The fraction of sp³-hybridized carbons (Fsp3) is 0.364. The van der Waals surface area contributed by atoms with Gasteiger partial charge in [0.05, 0.1) is 0 Å². The molecule has 20 heavy (non-hydrogen) atoms. The van der Waals surface area contributed by atoms with Crippen LogP contribution in [0, 0.1) is 0 Å². The fourth-order valence-electron chi connectivity index (χ4n) is 1.12. The van der Waals surface area contributed by atoms with Crippen molar-refractivity contribution in [2.45, 2.75) is 22.4 Å². The maximum absolute atomic E-state index is 13.1. The molecule has 0 radical (unpaired) electrons. The Labute approximate surface area is 123 Å². The van der Waals surface area contributed by atoms with Crippen LogP contribution in [0.25, 0.3) is 0 Å². The zero-order chi connectivity index (χ0) is 15.6. The smallest absolute Gasteiger partial charge is 0.411 e. The molecule has 1 rings (SSSR count). The number of rotatable bonds is 5. The van der Waals surface area contributed by atoms with Crippen molar-refractivity contribution in [3.63, 3.8) is 0 Å². The first-order chi connectivity index (χ1) is 9.00. The van der Waals surface area contributed by atoms with Crippen molar-refractivity contribution in [2.75, 3.05) is 0 Å². The van der Waals surface area contributed by atoms with E-state index in [0.717, 1.165) is 0 Å². The molecule has 0 atom stereocenters. The molecule has 1 aromatic rings. The molecule has 0 aliphatic heterocycles. The number of hydrogen-bond donors (Lipinski definition) is 0. The van der Waals surface area contributed by atoms with Gasteiger partial charge in [-0.1, -0.05) is 30.3 Å². The highest BCUT2D eigenvalue weighted by Crippen LogP contribution is 2.49. The highest BCUT2D eigenvalue weighted by atomic mass is 127. The van der Waals surface area contributed by atoms with E-state index in [1.807, 2.05) is 0 Å². The summed E-state index contributed by atoms with van der Waals surface area (Å²) in [6.45, 7) is -0.724. The first-order valence-corrected chi connectivity index (χ1v) is 6.11. The van der Waals surface area contributed by atoms with Crippen LogP contribution in [0.3, 0.4) is 0 Å². The largest absolute Gasteiger partial charge is 0.456 e. The lowest BCUT2D eigenvalue weighted by atomic mass is 10.2. The van der Waals surface area contributed by atoms with Gasteiger partial charge in [0.2, 0.25) is 0 Å². The van der Waals surface area contributed by atoms with E-state index in [4.69, 9.17) is 0 Å². The molecular formula is C11H7F6IO2. The molecule has 0 saturated heterocycles. The number of hydrogen-bond acceptors (Lipinski definition) is 2. The predicted molar refractivity (Wildman–Crippen MR) is 65.1 cm³/mol. The van der Waals surface area contributed by atoms with Crippen LogP contribution >= 0.6 is 22.6 Å². The first-order valence-electron chi connectivity index (χ1n) is 5.03. The van der Waals surface area contributed by atoms with E-state index in [2.05, 4.69) is 4.74 Å². The number of alkyl halides is 7. The quantitative estimate of drug-likeness (QED) is 0.316. The van der Waals surface area contributed by atoms with Crippen LogP contribution in [0.4, 0.5) is 26.3 Å². The Morgan fingerprint density at radius 1 is 1.05 bits per heavy atom. The van der Waals surface area contributed by atoms with E-state index in [9.17, 15) is 31.1 Å². The van der Waals surface area contributed by atoms with E-state index >= 15 is 0 Å². The van der Waals surface area contributed by atoms with E-state index in [-0.39, 0.29) is 28.2 Å². The Hall–Kier alpha value is -1.00. The Morgan fingerprint density at radius 3 is 2.00 bits per heavy atom. The van der Waals surface area contributed by atoms with Crippen molar-refractivity contribution < 1.29 is 35.9 Å². The minimum atomic E-state index is -5.85. The molecule has 0 aromatic heterocycles. The second-order valence-electron chi connectivity index (χ2n) is 3.71. The van der Waals surface area contributed by atoms with E-state index < -0.39 is 28.4 Å². The summed E-state index contributed by atoms with van der Waals surface area (Å²) in [6, 6.07) is 7.35. The molecule has 0 aliphatic carbocycles. The zero-order valence-electron chi connectivity index (χ0n) is 9.56. The standard InChI is InChI=1S/C11H7F6IO2/c12-9(13,10(14,15)11(16,17)18)8(19)20-6-7-4-2-1-3-5-7/h1-5H,6H2. The Balaban J connectivity index is 2.80. The molecule has 0 amide bonds. The molecule has 0 heterocycles. The van der Waals surface area contributed by atoms with Crippen molar-refractivity contribution >= 4 is 28.6 Å². The van der Waals surface area contributed by atoms with Gasteiger partial charge in [-0.25, -0.2) is 4.79 Å². The topological polar surface area (TPSA) is 26.3 Å². The molecule has 2 nitrogen and oxygen atoms in total. The van der Waals surface area contributed by atoms with Gasteiger partial charge in [0.15, 0.2) is 0 Å². The lowest BCUT2D eigenvalue weighted by Gasteiger charge is -2.27. The third-order valence-electron chi connectivity index (χ3n) is 2.22. The average molecular weight is 412 g/mol. The van der Waals surface area contributed by atoms with Crippen molar-refractivity contribution in [1.29, 1.82) is 0 Å². The minimum Gasteiger partial charge on any atom is -0.456 e. The molecule has 1 aromatic carbocycles. The third kappa shape index (κ3) is 3.36. The number of esters is 1. The van der Waals surface area contributed by atoms with Gasteiger partial charge in [0.25, 0.3) is 0 Å². The monoisotopic (exact) mass is 412 g/mol. The Morgan fingerprint density at radius 2 is 1.55 bits per heavy atom. The molecule has 112 valence electrons. The summed E-state index contributed by atoms with van der Waals surface area (Å²) in [4.78, 5) is 10.9. The molecule has 0 spiro atoms. The van der Waals surface area contributed by atoms with Crippen LogP contribution in [-0.4, -0.2) is 21.7 Å². The second kappa shape index (κ2) is 5.78. The van der Waals surface area contributed by atoms with Gasteiger partial charge in [0, 0.05) is 22.6 Å². The van der Waals surface area contributed by atoms with Crippen LogP contribution in [0.5, 0.6) is 0 Å². The van der Waals surface area contributed by atoms with Crippen LogP contribution < -0.4 is 0 Å². The average Bonchev–Trinajstić information content (AvgIpc) is 2.35. The Kier molecular flexibility index (Phi) is 4.93. The van der Waals surface area contributed by atoms with Crippen LogP contribution in [-0.2, 0) is 16.1 Å². The van der Waals surface area contributed by atoms with Gasteiger partial charge in [-0.05, 0) is 5.56 Å². The van der Waals surface area contributed by atoms with Crippen LogP contribution in [0.2, 0.25) is 0 Å². The number of carbonyl (C=O) groups is 1. The molecule has 0 N–H and O–H groups in total. The predicted octanol–water partition coefficient (Wildman–Crippen LogP) is 4.03. The van der Waals surface area contributed by atoms with E-state index in [1.54, 1.807) is 6.07 Å². The minimum absolute atomic E-state index is 0.153. The second-order valence-corrected chi connectivity index (χ2v) is 5.06.